The summed E-state index contributed by atoms with van der Waals surface area (Å²) < 4.78 is 31.5. The molecule has 1 amide bonds. The van der Waals surface area contributed by atoms with Gasteiger partial charge in [-0.3, -0.25) is 9.52 Å². The quantitative estimate of drug-likeness (QED) is 0.556. The van der Waals surface area contributed by atoms with E-state index in [1.165, 1.54) is 12.7 Å². The van der Waals surface area contributed by atoms with Crippen molar-refractivity contribution >= 4 is 43.2 Å². The van der Waals surface area contributed by atoms with E-state index >= 15 is 0 Å². The number of rotatable bonds is 9. The SMILES string of the molecule is COc1ccc(NC(=O)CCCCc2ccc(Br)cc2)cc1NS(C)(=O)=O. The van der Waals surface area contributed by atoms with Crippen molar-refractivity contribution in [2.45, 2.75) is 25.7 Å². The molecule has 0 bridgehead atoms. The number of aryl methyl sites for hydroxylation is 1. The van der Waals surface area contributed by atoms with Gasteiger partial charge in [0, 0.05) is 16.6 Å². The van der Waals surface area contributed by atoms with E-state index in [1.54, 1.807) is 18.2 Å². The smallest absolute Gasteiger partial charge is 0.229 e. The molecule has 0 aliphatic rings. The lowest BCUT2D eigenvalue weighted by Gasteiger charge is -2.12. The highest BCUT2D eigenvalue weighted by molar-refractivity contribution is 9.10. The molecular weight excluding hydrogens is 432 g/mol. The van der Waals surface area contributed by atoms with Crippen molar-refractivity contribution in [1.29, 1.82) is 0 Å². The van der Waals surface area contributed by atoms with E-state index in [0.29, 0.717) is 17.9 Å². The van der Waals surface area contributed by atoms with Crippen LogP contribution in [0.25, 0.3) is 0 Å². The maximum atomic E-state index is 12.1. The van der Waals surface area contributed by atoms with Gasteiger partial charge in [-0.15, -0.1) is 0 Å². The summed E-state index contributed by atoms with van der Waals surface area (Å²) >= 11 is 3.41. The van der Waals surface area contributed by atoms with E-state index in [1.807, 2.05) is 12.1 Å². The fraction of sp³-hybridized carbons (Fsp3) is 0.316. The number of hydrogen-bond acceptors (Lipinski definition) is 4. The lowest BCUT2D eigenvalue weighted by molar-refractivity contribution is -0.116. The van der Waals surface area contributed by atoms with Crippen LogP contribution in [0.2, 0.25) is 0 Å². The molecule has 8 heteroatoms. The standard InChI is InChI=1S/C19H23BrN2O4S/c1-26-18-12-11-16(13-17(18)22-27(2,24)25)21-19(23)6-4-3-5-14-7-9-15(20)10-8-14/h7-13,22H,3-6H2,1-2H3,(H,21,23). The molecule has 0 fully saturated rings. The number of sulfonamides is 1. The van der Waals surface area contributed by atoms with Gasteiger partial charge in [-0.2, -0.15) is 0 Å². The molecule has 2 rings (SSSR count). The van der Waals surface area contributed by atoms with Crippen LogP contribution < -0.4 is 14.8 Å². The number of carbonyl (C=O) groups is 1. The lowest BCUT2D eigenvalue weighted by atomic mass is 10.1. The van der Waals surface area contributed by atoms with Gasteiger partial charge in [-0.05, 0) is 55.2 Å². The number of methoxy groups -OCH3 is 1. The molecule has 2 N–H and O–H groups in total. The van der Waals surface area contributed by atoms with Crippen LogP contribution in [0, 0.1) is 0 Å². The molecule has 0 heterocycles. The van der Waals surface area contributed by atoms with Gasteiger partial charge in [-0.25, -0.2) is 8.42 Å². The molecule has 0 spiro atoms. The molecule has 0 unspecified atom stereocenters. The number of benzene rings is 2. The zero-order valence-corrected chi connectivity index (χ0v) is 17.7. The fourth-order valence-electron chi connectivity index (χ4n) is 2.55. The van der Waals surface area contributed by atoms with Crippen LogP contribution in [0.5, 0.6) is 5.75 Å². The molecule has 0 radical (unpaired) electrons. The molecular formula is C19H23BrN2O4S. The maximum Gasteiger partial charge on any atom is 0.229 e. The third-order valence-electron chi connectivity index (χ3n) is 3.81. The highest BCUT2D eigenvalue weighted by atomic mass is 79.9. The Kier molecular flexibility index (Phi) is 7.67. The van der Waals surface area contributed by atoms with E-state index in [9.17, 15) is 13.2 Å². The first-order valence-electron chi connectivity index (χ1n) is 8.47. The minimum Gasteiger partial charge on any atom is -0.495 e. The summed E-state index contributed by atoms with van der Waals surface area (Å²) in [6.45, 7) is 0. The Morgan fingerprint density at radius 2 is 1.81 bits per heavy atom. The summed E-state index contributed by atoms with van der Waals surface area (Å²) in [6.07, 6.45) is 4.07. The summed E-state index contributed by atoms with van der Waals surface area (Å²) in [5, 5.41) is 2.79. The Morgan fingerprint density at radius 1 is 1.11 bits per heavy atom. The number of nitrogens with one attached hydrogen (secondary N) is 2. The normalized spacial score (nSPS) is 11.1. The summed E-state index contributed by atoms with van der Waals surface area (Å²) in [6, 6.07) is 13.0. The molecule has 2 aromatic rings. The van der Waals surface area contributed by atoms with Crippen molar-refractivity contribution in [1.82, 2.24) is 0 Å². The topological polar surface area (TPSA) is 84.5 Å². The Morgan fingerprint density at radius 3 is 2.44 bits per heavy atom. The maximum absolute atomic E-state index is 12.1. The number of amides is 1. The predicted molar refractivity (Wildman–Crippen MR) is 112 cm³/mol. The van der Waals surface area contributed by atoms with Gasteiger partial charge < -0.3 is 10.1 Å². The van der Waals surface area contributed by atoms with Gasteiger partial charge >= 0.3 is 0 Å². The molecule has 146 valence electrons. The second-order valence-electron chi connectivity index (χ2n) is 6.17. The predicted octanol–water partition coefficient (Wildman–Crippen LogP) is 4.18. The van der Waals surface area contributed by atoms with Crippen LogP contribution >= 0.6 is 15.9 Å². The van der Waals surface area contributed by atoms with Crippen LogP contribution in [0.3, 0.4) is 0 Å². The van der Waals surface area contributed by atoms with E-state index in [0.717, 1.165) is 30.0 Å². The Bertz CT molecular complexity index is 883. The molecule has 0 atom stereocenters. The fourth-order valence-corrected chi connectivity index (χ4v) is 3.38. The van der Waals surface area contributed by atoms with Crippen molar-refractivity contribution in [3.05, 3.63) is 52.5 Å². The van der Waals surface area contributed by atoms with Crippen LogP contribution in [0.1, 0.15) is 24.8 Å². The second-order valence-corrected chi connectivity index (χ2v) is 8.84. The lowest BCUT2D eigenvalue weighted by Crippen LogP contribution is -2.13. The molecule has 6 nitrogen and oxygen atoms in total. The van der Waals surface area contributed by atoms with Crippen LogP contribution in [-0.2, 0) is 21.2 Å². The van der Waals surface area contributed by atoms with Gasteiger partial charge in [0.25, 0.3) is 0 Å². The van der Waals surface area contributed by atoms with Crippen molar-refractivity contribution in [2.75, 3.05) is 23.4 Å². The molecule has 0 aliphatic heterocycles. The van der Waals surface area contributed by atoms with E-state index < -0.39 is 10.0 Å². The van der Waals surface area contributed by atoms with Crippen molar-refractivity contribution in [2.24, 2.45) is 0 Å². The van der Waals surface area contributed by atoms with E-state index in [-0.39, 0.29) is 11.6 Å². The Labute approximate surface area is 168 Å². The number of halogens is 1. The molecule has 0 saturated heterocycles. The first-order chi connectivity index (χ1) is 12.8. The number of carbonyl (C=O) groups excluding carboxylic acids is 1. The van der Waals surface area contributed by atoms with Gasteiger partial charge in [-0.1, -0.05) is 28.1 Å². The monoisotopic (exact) mass is 454 g/mol. The summed E-state index contributed by atoms with van der Waals surface area (Å²) in [7, 11) is -2.00. The van der Waals surface area contributed by atoms with Crippen LogP contribution in [0.15, 0.2) is 46.9 Å². The number of unbranched alkanes of at least 4 members (excludes halogenated alkanes) is 1. The Hall–Kier alpha value is -2.06. The highest BCUT2D eigenvalue weighted by Crippen LogP contribution is 2.28. The average Bonchev–Trinajstić information content (AvgIpc) is 2.59. The minimum atomic E-state index is -3.45. The molecule has 0 aromatic heterocycles. The zero-order valence-electron chi connectivity index (χ0n) is 15.3. The minimum absolute atomic E-state index is 0.110. The van der Waals surface area contributed by atoms with E-state index in [4.69, 9.17) is 4.74 Å². The molecule has 0 saturated carbocycles. The number of ether oxygens (including phenoxy) is 1. The third-order valence-corrected chi connectivity index (χ3v) is 4.93. The molecule has 2 aromatic carbocycles. The zero-order chi connectivity index (χ0) is 19.9. The molecule has 27 heavy (non-hydrogen) atoms. The van der Waals surface area contributed by atoms with Gasteiger partial charge in [0.15, 0.2) is 0 Å². The largest absolute Gasteiger partial charge is 0.495 e. The van der Waals surface area contributed by atoms with Gasteiger partial charge in [0.1, 0.15) is 5.75 Å². The Balaban J connectivity index is 1.85. The molecule has 0 aliphatic carbocycles. The van der Waals surface area contributed by atoms with E-state index in [2.05, 4.69) is 38.1 Å². The highest BCUT2D eigenvalue weighted by Gasteiger charge is 2.10. The van der Waals surface area contributed by atoms with Crippen LogP contribution in [0.4, 0.5) is 11.4 Å². The number of anilines is 2. The first-order valence-corrected chi connectivity index (χ1v) is 11.2. The third kappa shape index (κ3) is 7.60. The number of hydrogen-bond donors (Lipinski definition) is 2. The average molecular weight is 455 g/mol. The van der Waals surface area contributed by atoms with Gasteiger partial charge in [0.2, 0.25) is 15.9 Å². The second kappa shape index (κ2) is 9.75. The van der Waals surface area contributed by atoms with Crippen molar-refractivity contribution in [3.8, 4) is 5.75 Å². The summed E-state index contributed by atoms with van der Waals surface area (Å²) in [5.41, 5.74) is 2.04. The van der Waals surface area contributed by atoms with Crippen molar-refractivity contribution < 1.29 is 17.9 Å². The first kappa shape index (κ1) is 21.2. The summed E-state index contributed by atoms with van der Waals surface area (Å²) in [5.74, 6) is 0.272. The van der Waals surface area contributed by atoms with Crippen LogP contribution in [-0.4, -0.2) is 27.7 Å². The van der Waals surface area contributed by atoms with Crippen molar-refractivity contribution in [3.63, 3.8) is 0 Å². The summed E-state index contributed by atoms with van der Waals surface area (Å²) in [4.78, 5) is 12.1. The van der Waals surface area contributed by atoms with Gasteiger partial charge in [0.05, 0.1) is 19.1 Å².